The maximum atomic E-state index is 6.85. The number of unbranched alkanes of at least 4 members (excludes halogenated alkanes) is 1. The van der Waals surface area contributed by atoms with Crippen LogP contribution in [-0.2, 0) is 29.3 Å². The summed E-state index contributed by atoms with van der Waals surface area (Å²) >= 11 is 0. The molecule has 0 saturated heterocycles. The van der Waals surface area contributed by atoms with Crippen LogP contribution in [0.4, 0.5) is 0 Å². The van der Waals surface area contributed by atoms with Gasteiger partial charge in [-0.2, -0.15) is 0 Å². The summed E-state index contributed by atoms with van der Waals surface area (Å²) in [5.41, 5.74) is 6.00. The maximum absolute atomic E-state index is 6.85. The normalized spacial score (nSPS) is 13.5. The fraction of sp³-hybridized carbons (Fsp3) is 0.312. The molecule has 2 heteroatoms. The van der Waals surface area contributed by atoms with Gasteiger partial charge in [0.05, 0.1) is 0 Å². The third kappa shape index (κ3) is 6.17. The van der Waals surface area contributed by atoms with Crippen LogP contribution in [0.3, 0.4) is 0 Å². The Morgan fingerprint density at radius 2 is 1.50 bits per heavy atom. The van der Waals surface area contributed by atoms with Gasteiger partial charge in [-0.1, -0.05) is 96.8 Å². The van der Waals surface area contributed by atoms with Crippen LogP contribution in [0.25, 0.3) is 0 Å². The number of hydrogen-bond acceptors (Lipinski definition) is 1. The summed E-state index contributed by atoms with van der Waals surface area (Å²) in [6.07, 6.45) is 11.3. The monoisotopic (exact) mass is 464 g/mol. The molecule has 0 unspecified atom stereocenters. The summed E-state index contributed by atoms with van der Waals surface area (Å²) in [5, 5.41) is 0. The van der Waals surface area contributed by atoms with E-state index < -0.39 is 13.9 Å². The second-order valence-electron chi connectivity index (χ2n) is 10.1. The van der Waals surface area contributed by atoms with Crippen molar-refractivity contribution in [3.8, 4) is 11.8 Å². The number of benzene rings is 3. The molecule has 0 saturated carbocycles. The van der Waals surface area contributed by atoms with Crippen LogP contribution < -0.4 is 0 Å². The van der Waals surface area contributed by atoms with Gasteiger partial charge >= 0.3 is 0 Å². The van der Waals surface area contributed by atoms with Crippen molar-refractivity contribution < 1.29 is 4.43 Å². The lowest BCUT2D eigenvalue weighted by molar-refractivity contribution is 0.166. The molecule has 0 atom stereocenters. The Morgan fingerprint density at radius 3 is 2.15 bits per heavy atom. The molecule has 0 amide bonds. The smallest absolute Gasteiger partial charge is 0.186 e. The molecule has 34 heavy (non-hydrogen) atoms. The van der Waals surface area contributed by atoms with Crippen LogP contribution in [0.5, 0.6) is 0 Å². The van der Waals surface area contributed by atoms with E-state index in [1.54, 1.807) is 11.1 Å². The fourth-order valence-electron chi connectivity index (χ4n) is 4.75. The molecule has 3 aromatic rings. The average molecular weight is 465 g/mol. The number of allylic oxidation sites excluding steroid dienone is 2. The highest BCUT2D eigenvalue weighted by Gasteiger charge is 2.38. The molecule has 0 radical (unpaired) electrons. The van der Waals surface area contributed by atoms with Crippen LogP contribution in [0.1, 0.15) is 47.1 Å². The zero-order valence-corrected chi connectivity index (χ0v) is 21.8. The first-order chi connectivity index (χ1) is 16.5. The SMILES string of the molecule is C[Si](C)(C)OC(C#C/C=C/CCCc1ccc2c(c1)CCC2)(c1ccccc1)c1ccccc1. The first kappa shape index (κ1) is 24.3. The Morgan fingerprint density at radius 1 is 0.853 bits per heavy atom. The van der Waals surface area contributed by atoms with E-state index in [0.717, 1.165) is 30.4 Å². The van der Waals surface area contributed by atoms with Gasteiger partial charge in [0, 0.05) is 0 Å². The molecule has 1 aliphatic rings. The highest BCUT2D eigenvalue weighted by atomic mass is 28.4. The quantitative estimate of drug-likeness (QED) is 0.187. The van der Waals surface area contributed by atoms with Crippen LogP contribution >= 0.6 is 0 Å². The fourth-order valence-corrected chi connectivity index (χ4v) is 5.95. The minimum atomic E-state index is -1.91. The predicted molar refractivity (Wildman–Crippen MR) is 146 cm³/mol. The highest BCUT2D eigenvalue weighted by Crippen LogP contribution is 2.36. The van der Waals surface area contributed by atoms with Gasteiger partial charge in [-0.05, 0) is 92.1 Å². The molecule has 4 rings (SSSR count). The van der Waals surface area contributed by atoms with E-state index in [2.05, 4.69) is 104 Å². The van der Waals surface area contributed by atoms with Crippen LogP contribution in [-0.4, -0.2) is 8.32 Å². The summed E-state index contributed by atoms with van der Waals surface area (Å²) in [6, 6.07) is 27.9. The Balaban J connectivity index is 1.49. The minimum Gasteiger partial charge on any atom is -0.395 e. The van der Waals surface area contributed by atoms with Crippen molar-refractivity contribution >= 4 is 8.32 Å². The number of rotatable bonds is 8. The van der Waals surface area contributed by atoms with Crippen molar-refractivity contribution in [1.29, 1.82) is 0 Å². The van der Waals surface area contributed by atoms with Crippen LogP contribution in [0.15, 0.2) is 91.0 Å². The highest BCUT2D eigenvalue weighted by molar-refractivity contribution is 6.69. The van der Waals surface area contributed by atoms with E-state index in [9.17, 15) is 0 Å². The molecule has 0 N–H and O–H groups in total. The summed E-state index contributed by atoms with van der Waals surface area (Å²) in [6.45, 7) is 6.68. The van der Waals surface area contributed by atoms with Gasteiger partial charge in [0.25, 0.3) is 0 Å². The molecular weight excluding hydrogens is 428 g/mol. The zero-order valence-electron chi connectivity index (χ0n) is 20.8. The Hall–Kier alpha value is -2.86. The summed E-state index contributed by atoms with van der Waals surface area (Å²) in [5.74, 6) is 6.88. The molecule has 0 heterocycles. The van der Waals surface area contributed by atoms with E-state index in [1.165, 1.54) is 24.8 Å². The molecule has 0 aliphatic heterocycles. The van der Waals surface area contributed by atoms with E-state index in [4.69, 9.17) is 4.43 Å². The molecule has 0 aromatic heterocycles. The van der Waals surface area contributed by atoms with Crippen LogP contribution in [0, 0.1) is 11.8 Å². The van der Waals surface area contributed by atoms with Gasteiger partial charge in [-0.15, -0.1) is 0 Å². The van der Waals surface area contributed by atoms with Gasteiger partial charge in [-0.25, -0.2) is 0 Å². The third-order valence-corrected chi connectivity index (χ3v) is 7.19. The molecule has 3 aromatic carbocycles. The second-order valence-corrected chi connectivity index (χ2v) is 14.6. The Bertz CT molecular complexity index is 1120. The molecule has 174 valence electrons. The van der Waals surface area contributed by atoms with E-state index >= 15 is 0 Å². The number of aryl methyl sites for hydroxylation is 3. The van der Waals surface area contributed by atoms with Gasteiger partial charge in [0.1, 0.15) is 0 Å². The largest absolute Gasteiger partial charge is 0.395 e. The third-order valence-electron chi connectivity index (χ3n) is 6.27. The lowest BCUT2D eigenvalue weighted by atomic mass is 9.87. The lowest BCUT2D eigenvalue weighted by Crippen LogP contribution is -2.40. The van der Waals surface area contributed by atoms with Crippen molar-refractivity contribution in [1.82, 2.24) is 0 Å². The standard InChI is InChI=1S/C32H36OSi/c1-34(2,3)33-32(30-19-10-7-11-20-30,31-21-12-8-13-22-31)25-14-6-4-5-9-16-27-23-24-28-17-15-18-29(28)26-27/h4,6-8,10-13,19-24,26H,5,9,15-18H2,1-3H3/b6-4+. The predicted octanol–water partition coefficient (Wildman–Crippen LogP) is 7.85. The van der Waals surface area contributed by atoms with Gasteiger partial charge in [0.2, 0.25) is 0 Å². The molecule has 0 spiro atoms. The summed E-state index contributed by atoms with van der Waals surface area (Å²) in [7, 11) is -1.91. The molecule has 1 aliphatic carbocycles. The Kier molecular flexibility index (Phi) is 7.88. The van der Waals surface area contributed by atoms with E-state index in [0.29, 0.717) is 0 Å². The lowest BCUT2D eigenvalue weighted by Gasteiger charge is -2.36. The second kappa shape index (κ2) is 11.0. The Labute approximate surface area is 207 Å². The van der Waals surface area contributed by atoms with Gasteiger partial charge in [-0.3, -0.25) is 0 Å². The summed E-state index contributed by atoms with van der Waals surface area (Å²) in [4.78, 5) is 0. The van der Waals surface area contributed by atoms with Gasteiger partial charge < -0.3 is 4.43 Å². The van der Waals surface area contributed by atoms with E-state index in [-0.39, 0.29) is 0 Å². The molecular formula is C32H36OSi. The van der Waals surface area contributed by atoms with Crippen LogP contribution in [0.2, 0.25) is 19.6 Å². The van der Waals surface area contributed by atoms with Gasteiger partial charge in [0.15, 0.2) is 13.9 Å². The summed E-state index contributed by atoms with van der Waals surface area (Å²) < 4.78 is 6.85. The molecule has 0 bridgehead atoms. The minimum absolute atomic E-state index is 0.762. The van der Waals surface area contributed by atoms with Crippen molar-refractivity contribution in [2.75, 3.05) is 0 Å². The van der Waals surface area contributed by atoms with E-state index in [1.807, 2.05) is 18.2 Å². The molecule has 0 fully saturated rings. The van der Waals surface area contributed by atoms with Crippen molar-refractivity contribution in [3.05, 3.63) is 119 Å². The topological polar surface area (TPSA) is 9.23 Å². The first-order valence-corrected chi connectivity index (χ1v) is 16.0. The average Bonchev–Trinajstić information content (AvgIpc) is 3.31. The van der Waals surface area contributed by atoms with Crippen molar-refractivity contribution in [2.45, 2.75) is 63.8 Å². The maximum Gasteiger partial charge on any atom is 0.186 e. The zero-order chi connectivity index (χ0) is 23.9. The van der Waals surface area contributed by atoms with Crippen molar-refractivity contribution in [3.63, 3.8) is 0 Å². The number of fused-ring (bicyclic) bond motifs is 1. The van der Waals surface area contributed by atoms with Crippen molar-refractivity contribution in [2.24, 2.45) is 0 Å². The first-order valence-electron chi connectivity index (χ1n) is 12.6. The molecule has 1 nitrogen and oxygen atoms in total. The number of hydrogen-bond donors (Lipinski definition) is 0.